The van der Waals surface area contributed by atoms with Crippen molar-refractivity contribution in [2.75, 3.05) is 6.61 Å². The highest BCUT2D eigenvalue weighted by atomic mass is 16.7. The molecule has 128 valence electrons. The van der Waals surface area contributed by atoms with Crippen LogP contribution in [0.2, 0.25) is 0 Å². The van der Waals surface area contributed by atoms with Gasteiger partial charge in [-0.05, 0) is 30.7 Å². The predicted molar refractivity (Wildman–Crippen MR) is 92.4 cm³/mol. The van der Waals surface area contributed by atoms with E-state index in [4.69, 9.17) is 14.3 Å². The summed E-state index contributed by atoms with van der Waals surface area (Å²) in [4.78, 5) is 27.9. The van der Waals surface area contributed by atoms with Gasteiger partial charge in [-0.3, -0.25) is 0 Å². The third-order valence-corrected chi connectivity index (χ3v) is 3.75. The van der Waals surface area contributed by atoms with E-state index >= 15 is 0 Å². The van der Waals surface area contributed by atoms with Gasteiger partial charge in [0.25, 0.3) is 0 Å². The average molecular weight is 339 g/mol. The monoisotopic (exact) mass is 339 g/mol. The van der Waals surface area contributed by atoms with E-state index in [0.29, 0.717) is 11.5 Å². The van der Waals surface area contributed by atoms with Gasteiger partial charge in [0.05, 0.1) is 5.56 Å². The maximum atomic E-state index is 11.7. The Labute approximate surface area is 144 Å². The van der Waals surface area contributed by atoms with Crippen molar-refractivity contribution in [2.45, 2.75) is 20.0 Å². The highest BCUT2D eigenvalue weighted by Crippen LogP contribution is 2.35. The number of fused-ring (bicyclic) bond motifs is 3. The molecule has 1 aliphatic rings. The number of benzene rings is 2. The van der Waals surface area contributed by atoms with Crippen molar-refractivity contribution in [3.63, 3.8) is 0 Å². The van der Waals surface area contributed by atoms with Crippen molar-refractivity contribution >= 4 is 28.4 Å². The predicted octanol–water partition coefficient (Wildman–Crippen LogP) is 2.99. The van der Waals surface area contributed by atoms with Gasteiger partial charge in [0.2, 0.25) is 0 Å². The van der Waals surface area contributed by atoms with E-state index < -0.39 is 18.5 Å². The quantitative estimate of drug-likeness (QED) is 0.370. The van der Waals surface area contributed by atoms with E-state index in [1.54, 1.807) is 0 Å². The lowest BCUT2D eigenvalue weighted by Crippen LogP contribution is -2.20. The van der Waals surface area contributed by atoms with Crippen LogP contribution < -0.4 is 4.74 Å². The standard InChI is InChI=1S/C19H17NO5/c1-11(2)19(22)23-10-16(21)25-20-18-12(3)24-15-9-8-13-6-4-5-7-14(13)17(15)18/h4-9,12H,1,10H2,2-3H3/b20-18+. The summed E-state index contributed by atoms with van der Waals surface area (Å²) in [5, 5.41) is 5.95. The molecule has 2 aromatic carbocycles. The van der Waals surface area contributed by atoms with Crippen LogP contribution in [-0.4, -0.2) is 30.4 Å². The van der Waals surface area contributed by atoms with Gasteiger partial charge >= 0.3 is 11.9 Å². The van der Waals surface area contributed by atoms with Gasteiger partial charge in [-0.2, -0.15) is 0 Å². The second-order valence-electron chi connectivity index (χ2n) is 5.72. The van der Waals surface area contributed by atoms with Crippen LogP contribution in [0.4, 0.5) is 0 Å². The molecule has 0 fully saturated rings. The summed E-state index contributed by atoms with van der Waals surface area (Å²) < 4.78 is 10.5. The molecule has 25 heavy (non-hydrogen) atoms. The summed E-state index contributed by atoms with van der Waals surface area (Å²) in [6.45, 7) is 6.22. The number of carbonyl (C=O) groups is 2. The van der Waals surface area contributed by atoms with Gasteiger partial charge in [0.15, 0.2) is 6.61 Å². The molecule has 2 aromatic rings. The minimum atomic E-state index is -0.775. The van der Waals surface area contributed by atoms with Crippen LogP contribution in [-0.2, 0) is 19.2 Å². The second kappa shape index (κ2) is 6.76. The second-order valence-corrected chi connectivity index (χ2v) is 5.72. The fourth-order valence-electron chi connectivity index (χ4n) is 2.56. The van der Waals surface area contributed by atoms with Crippen molar-refractivity contribution in [1.29, 1.82) is 0 Å². The van der Waals surface area contributed by atoms with Crippen LogP contribution in [0.15, 0.2) is 53.7 Å². The average Bonchev–Trinajstić information content (AvgIpc) is 2.93. The van der Waals surface area contributed by atoms with Crippen LogP contribution >= 0.6 is 0 Å². The Hall–Kier alpha value is -3.15. The SMILES string of the molecule is C=C(C)C(=O)OCC(=O)O/N=C1/c2c(ccc3ccccc23)OC1C. The summed E-state index contributed by atoms with van der Waals surface area (Å²) >= 11 is 0. The number of rotatable bonds is 4. The molecule has 0 aliphatic carbocycles. The Kier molecular flexibility index (Phi) is 4.52. The molecule has 0 N–H and O–H groups in total. The Balaban J connectivity index is 1.81. The lowest BCUT2D eigenvalue weighted by molar-refractivity contribution is -0.156. The van der Waals surface area contributed by atoms with E-state index in [-0.39, 0.29) is 11.7 Å². The van der Waals surface area contributed by atoms with Gasteiger partial charge in [-0.15, -0.1) is 0 Å². The third-order valence-electron chi connectivity index (χ3n) is 3.75. The highest BCUT2D eigenvalue weighted by Gasteiger charge is 2.30. The topological polar surface area (TPSA) is 74.2 Å². The molecule has 0 spiro atoms. The number of nitrogens with zero attached hydrogens (tertiary/aromatic N) is 1. The van der Waals surface area contributed by atoms with Crippen LogP contribution in [0, 0.1) is 0 Å². The summed E-state index contributed by atoms with van der Waals surface area (Å²) in [6.07, 6.45) is -0.355. The Morgan fingerprint density at radius 3 is 2.76 bits per heavy atom. The molecule has 0 saturated heterocycles. The summed E-state index contributed by atoms with van der Waals surface area (Å²) in [6, 6.07) is 11.6. The smallest absolute Gasteiger partial charge is 0.372 e. The van der Waals surface area contributed by atoms with Crippen molar-refractivity contribution in [3.8, 4) is 5.75 Å². The van der Waals surface area contributed by atoms with Gasteiger partial charge < -0.3 is 14.3 Å². The Morgan fingerprint density at radius 2 is 2.00 bits per heavy atom. The minimum absolute atomic E-state index is 0.206. The van der Waals surface area contributed by atoms with Crippen LogP contribution in [0.25, 0.3) is 10.8 Å². The van der Waals surface area contributed by atoms with E-state index in [0.717, 1.165) is 16.3 Å². The maximum absolute atomic E-state index is 11.7. The summed E-state index contributed by atoms with van der Waals surface area (Å²) in [5.74, 6) is -0.740. The fraction of sp³-hybridized carbons (Fsp3) is 0.211. The first-order valence-electron chi connectivity index (χ1n) is 7.76. The van der Waals surface area contributed by atoms with Crippen molar-refractivity contribution < 1.29 is 23.9 Å². The van der Waals surface area contributed by atoms with E-state index in [2.05, 4.69) is 11.7 Å². The Morgan fingerprint density at radius 1 is 1.24 bits per heavy atom. The van der Waals surface area contributed by atoms with E-state index in [1.807, 2.05) is 43.3 Å². The first kappa shape index (κ1) is 16.7. The van der Waals surface area contributed by atoms with Crippen molar-refractivity contribution in [1.82, 2.24) is 0 Å². The molecule has 0 aromatic heterocycles. The van der Waals surface area contributed by atoms with Gasteiger partial charge in [0, 0.05) is 5.57 Å². The zero-order valence-corrected chi connectivity index (χ0v) is 13.9. The first-order chi connectivity index (χ1) is 12.0. The minimum Gasteiger partial charge on any atom is -0.484 e. The molecule has 6 nitrogen and oxygen atoms in total. The Bertz CT molecular complexity index is 900. The van der Waals surface area contributed by atoms with Gasteiger partial charge in [0.1, 0.15) is 17.6 Å². The van der Waals surface area contributed by atoms with Crippen molar-refractivity contribution in [3.05, 3.63) is 54.1 Å². The number of ether oxygens (including phenoxy) is 2. The molecule has 1 unspecified atom stereocenters. The highest BCUT2D eigenvalue weighted by molar-refractivity contribution is 6.16. The molecule has 0 saturated carbocycles. The number of hydrogen-bond donors (Lipinski definition) is 0. The first-order valence-corrected chi connectivity index (χ1v) is 7.76. The molecule has 0 bridgehead atoms. The molecule has 0 radical (unpaired) electrons. The molecule has 0 amide bonds. The molecular weight excluding hydrogens is 322 g/mol. The molecule has 1 heterocycles. The largest absolute Gasteiger partial charge is 0.484 e. The zero-order chi connectivity index (χ0) is 18.0. The van der Waals surface area contributed by atoms with E-state index in [1.165, 1.54) is 6.92 Å². The zero-order valence-electron chi connectivity index (χ0n) is 13.9. The number of hydrogen-bond acceptors (Lipinski definition) is 6. The van der Waals surface area contributed by atoms with Crippen molar-refractivity contribution in [2.24, 2.45) is 5.16 Å². The normalized spacial score (nSPS) is 17.0. The van der Waals surface area contributed by atoms with Gasteiger partial charge in [-0.1, -0.05) is 42.1 Å². The number of carbonyl (C=O) groups excluding carboxylic acids is 2. The van der Waals surface area contributed by atoms with Crippen LogP contribution in [0.1, 0.15) is 19.4 Å². The lowest BCUT2D eigenvalue weighted by Gasteiger charge is -2.05. The number of oxime groups is 1. The fourth-order valence-corrected chi connectivity index (χ4v) is 2.56. The summed E-state index contributed by atoms with van der Waals surface area (Å²) in [5.41, 5.74) is 1.53. The molecule has 6 heteroatoms. The number of esters is 1. The van der Waals surface area contributed by atoms with Crippen LogP contribution in [0.5, 0.6) is 5.75 Å². The van der Waals surface area contributed by atoms with Crippen LogP contribution in [0.3, 0.4) is 0 Å². The maximum Gasteiger partial charge on any atom is 0.372 e. The van der Waals surface area contributed by atoms with E-state index in [9.17, 15) is 9.59 Å². The molecule has 1 aliphatic heterocycles. The van der Waals surface area contributed by atoms with Gasteiger partial charge in [-0.25, -0.2) is 9.59 Å². The molecule has 1 atom stereocenters. The summed E-state index contributed by atoms with van der Waals surface area (Å²) in [7, 11) is 0. The molecular formula is C19H17NO5. The molecule has 3 rings (SSSR count). The lowest BCUT2D eigenvalue weighted by atomic mass is 10.00. The third kappa shape index (κ3) is 3.38.